The Morgan fingerprint density at radius 3 is 2.44 bits per heavy atom. The summed E-state index contributed by atoms with van der Waals surface area (Å²) < 4.78 is 11.7. The van der Waals surface area contributed by atoms with Crippen LogP contribution in [-0.2, 0) is 9.53 Å². The number of hydrogen-bond acceptors (Lipinski definition) is 8. The number of rotatable bonds is 7. The molecule has 0 amide bonds. The molecule has 0 aromatic heterocycles. The van der Waals surface area contributed by atoms with Gasteiger partial charge in [0.2, 0.25) is 0 Å². The van der Waals surface area contributed by atoms with Gasteiger partial charge in [0.05, 0.1) is 29.4 Å². The van der Waals surface area contributed by atoms with E-state index >= 15 is 0 Å². The number of aliphatic imine (C=N–C) groups is 1. The number of carbonyl (C=O) groups excluding carboxylic acids is 3. The second-order valence-corrected chi connectivity index (χ2v) is 12.7. The van der Waals surface area contributed by atoms with Crippen molar-refractivity contribution in [2.24, 2.45) is 16.3 Å². The Labute approximate surface area is 252 Å². The van der Waals surface area contributed by atoms with Crippen LogP contribution < -0.4 is 10.1 Å². The second-order valence-electron chi connectivity index (χ2n) is 12.7. The van der Waals surface area contributed by atoms with Crippen molar-refractivity contribution in [2.75, 3.05) is 38.1 Å². The van der Waals surface area contributed by atoms with Gasteiger partial charge in [-0.1, -0.05) is 51.1 Å². The van der Waals surface area contributed by atoms with Crippen LogP contribution in [0.15, 0.2) is 59.1 Å². The molecule has 0 spiro atoms. The Kier molecular flexibility index (Phi) is 7.81. The number of fused-ring (bicyclic) bond motifs is 5. The van der Waals surface area contributed by atoms with E-state index in [1.54, 1.807) is 24.3 Å². The molecular formula is C35H39N3O5. The summed E-state index contributed by atoms with van der Waals surface area (Å²) in [5, 5.41) is 3.46. The number of hydrogen-bond donors (Lipinski definition) is 1. The third-order valence-corrected chi connectivity index (χ3v) is 8.73. The second kappa shape index (κ2) is 11.6. The first-order chi connectivity index (χ1) is 20.7. The molecule has 224 valence electrons. The Hall–Kier alpha value is -4.04. The summed E-state index contributed by atoms with van der Waals surface area (Å²) in [6.07, 6.45) is 8.17. The van der Waals surface area contributed by atoms with Crippen LogP contribution in [0.5, 0.6) is 5.75 Å². The Balaban J connectivity index is 1.25. The molecule has 8 nitrogen and oxygen atoms in total. The van der Waals surface area contributed by atoms with Gasteiger partial charge in [0.15, 0.2) is 17.7 Å². The van der Waals surface area contributed by atoms with Gasteiger partial charge in [-0.15, -0.1) is 0 Å². The fourth-order valence-corrected chi connectivity index (χ4v) is 6.31. The van der Waals surface area contributed by atoms with Gasteiger partial charge in [0.1, 0.15) is 11.4 Å². The van der Waals surface area contributed by atoms with Crippen LogP contribution >= 0.6 is 0 Å². The molecule has 1 N–H and O–H groups in total. The van der Waals surface area contributed by atoms with E-state index in [0.717, 1.165) is 44.5 Å². The zero-order valence-electron chi connectivity index (χ0n) is 25.4. The summed E-state index contributed by atoms with van der Waals surface area (Å²) in [6, 6.07) is 8.81. The summed E-state index contributed by atoms with van der Waals surface area (Å²) in [5.74, 6) is -0.00854. The highest BCUT2D eigenvalue weighted by Crippen LogP contribution is 2.46. The lowest BCUT2D eigenvalue weighted by Gasteiger charge is -2.32. The van der Waals surface area contributed by atoms with Gasteiger partial charge >= 0.3 is 5.97 Å². The van der Waals surface area contributed by atoms with Crippen LogP contribution in [0, 0.1) is 11.3 Å². The van der Waals surface area contributed by atoms with Crippen LogP contribution in [0.25, 0.3) is 0 Å². The van der Waals surface area contributed by atoms with Gasteiger partial charge < -0.3 is 19.7 Å². The van der Waals surface area contributed by atoms with E-state index in [1.165, 1.54) is 0 Å². The minimum atomic E-state index is -0.364. The summed E-state index contributed by atoms with van der Waals surface area (Å²) in [6.45, 7) is 11.9. The molecule has 0 radical (unpaired) electrons. The molecular weight excluding hydrogens is 542 g/mol. The lowest BCUT2D eigenvalue weighted by molar-refractivity contribution is -0.149. The van der Waals surface area contributed by atoms with Crippen molar-refractivity contribution in [2.45, 2.75) is 53.1 Å². The SMILES string of the molecule is CCOC(=O)C1CCN(CCCNc2cc3c(c4c2C(=O)c2ccccc2C4=O)N=C2C=CC(C(C)(C)C)=CC2O3)CC1. The standard InChI is InChI=1S/C35H39N3O5/c1-5-42-34(41)21-13-17-38(18-14-21)16-8-15-36-26-20-28-31(37-25-12-11-22(35(2,3)4)19-27(25)43-28)30-29(26)32(39)23-9-6-7-10-24(23)33(30)40/h6-7,9-12,19-21,27,36H,5,8,13-18H2,1-4H3. The van der Waals surface area contributed by atoms with Crippen molar-refractivity contribution in [1.29, 1.82) is 0 Å². The van der Waals surface area contributed by atoms with Crippen molar-refractivity contribution >= 4 is 34.6 Å². The van der Waals surface area contributed by atoms with Gasteiger partial charge in [-0.2, -0.15) is 0 Å². The molecule has 1 unspecified atom stereocenters. The lowest BCUT2D eigenvalue weighted by Crippen LogP contribution is -2.37. The Morgan fingerprint density at radius 2 is 1.77 bits per heavy atom. The summed E-state index contributed by atoms with van der Waals surface area (Å²) in [4.78, 5) is 47.1. The number of esters is 1. The average molecular weight is 582 g/mol. The molecule has 1 saturated heterocycles. The number of nitrogens with zero attached hydrogens (tertiary/aromatic N) is 2. The monoisotopic (exact) mass is 581 g/mol. The maximum atomic E-state index is 13.9. The first-order valence-electron chi connectivity index (χ1n) is 15.3. The van der Waals surface area contributed by atoms with E-state index in [1.807, 2.05) is 25.1 Å². The molecule has 1 fully saturated rings. The predicted molar refractivity (Wildman–Crippen MR) is 167 cm³/mol. The number of ether oxygens (including phenoxy) is 2. The third-order valence-electron chi connectivity index (χ3n) is 8.73. The molecule has 2 aliphatic heterocycles. The smallest absolute Gasteiger partial charge is 0.309 e. The number of likely N-dealkylation sites (tertiary alicyclic amines) is 1. The molecule has 6 rings (SSSR count). The fraction of sp³-hybridized carbons (Fsp3) is 0.429. The zero-order chi connectivity index (χ0) is 30.3. The van der Waals surface area contributed by atoms with E-state index in [-0.39, 0.29) is 35.0 Å². The van der Waals surface area contributed by atoms with Crippen molar-refractivity contribution in [3.05, 3.63) is 76.4 Å². The van der Waals surface area contributed by atoms with E-state index < -0.39 is 0 Å². The molecule has 43 heavy (non-hydrogen) atoms. The van der Waals surface area contributed by atoms with Crippen LogP contribution in [0.3, 0.4) is 0 Å². The number of benzene rings is 2. The first-order valence-corrected chi connectivity index (χ1v) is 15.3. The summed E-state index contributed by atoms with van der Waals surface area (Å²) in [5.41, 5.74) is 4.29. The highest BCUT2D eigenvalue weighted by molar-refractivity contribution is 6.32. The van der Waals surface area contributed by atoms with E-state index in [2.05, 4.69) is 37.1 Å². The van der Waals surface area contributed by atoms with Gasteiger partial charge in [0.25, 0.3) is 0 Å². The Bertz CT molecular complexity index is 1570. The quantitative estimate of drug-likeness (QED) is 0.273. The number of piperidine rings is 1. The molecule has 2 heterocycles. The maximum absolute atomic E-state index is 13.9. The molecule has 4 aliphatic rings. The van der Waals surface area contributed by atoms with E-state index in [9.17, 15) is 14.4 Å². The number of anilines is 1. The highest BCUT2D eigenvalue weighted by atomic mass is 16.5. The molecule has 0 bridgehead atoms. The van der Waals surface area contributed by atoms with Gasteiger partial charge in [-0.25, -0.2) is 4.99 Å². The van der Waals surface area contributed by atoms with Crippen molar-refractivity contribution in [3.63, 3.8) is 0 Å². The minimum absolute atomic E-state index is 0.0140. The van der Waals surface area contributed by atoms with Crippen LogP contribution in [0.1, 0.15) is 78.8 Å². The summed E-state index contributed by atoms with van der Waals surface area (Å²) in [7, 11) is 0. The van der Waals surface area contributed by atoms with E-state index in [0.29, 0.717) is 58.2 Å². The highest BCUT2D eigenvalue weighted by Gasteiger charge is 2.38. The van der Waals surface area contributed by atoms with Gasteiger partial charge in [-0.05, 0) is 69.0 Å². The van der Waals surface area contributed by atoms with Crippen LogP contribution in [0.2, 0.25) is 0 Å². The average Bonchev–Trinajstić information content (AvgIpc) is 3.00. The normalized spacial score (nSPS) is 19.8. The van der Waals surface area contributed by atoms with Gasteiger partial charge in [0, 0.05) is 29.4 Å². The van der Waals surface area contributed by atoms with E-state index in [4.69, 9.17) is 14.5 Å². The number of nitrogens with one attached hydrogen (secondary N) is 1. The first kappa shape index (κ1) is 29.1. The molecule has 2 aromatic carbocycles. The largest absolute Gasteiger partial charge is 0.478 e. The zero-order valence-corrected chi connectivity index (χ0v) is 25.4. The van der Waals surface area contributed by atoms with Crippen LogP contribution in [0.4, 0.5) is 11.4 Å². The molecule has 8 heteroatoms. The van der Waals surface area contributed by atoms with Crippen molar-refractivity contribution < 1.29 is 23.9 Å². The van der Waals surface area contributed by atoms with Gasteiger partial charge in [-0.3, -0.25) is 14.4 Å². The minimum Gasteiger partial charge on any atom is -0.478 e. The Morgan fingerprint density at radius 1 is 1.07 bits per heavy atom. The fourth-order valence-electron chi connectivity index (χ4n) is 6.31. The number of carbonyl (C=O) groups is 3. The van der Waals surface area contributed by atoms with Crippen LogP contribution in [-0.4, -0.2) is 67.0 Å². The van der Waals surface area contributed by atoms with Crippen molar-refractivity contribution in [3.8, 4) is 5.75 Å². The number of allylic oxidation sites excluding steroid dienone is 2. The number of ketones is 2. The third kappa shape index (κ3) is 5.56. The lowest BCUT2D eigenvalue weighted by atomic mass is 9.81. The maximum Gasteiger partial charge on any atom is 0.309 e. The predicted octanol–water partition coefficient (Wildman–Crippen LogP) is 5.91. The molecule has 2 aliphatic carbocycles. The van der Waals surface area contributed by atoms with Crippen molar-refractivity contribution in [1.82, 2.24) is 4.90 Å². The molecule has 0 saturated carbocycles. The molecule has 2 aromatic rings. The molecule has 1 atom stereocenters. The summed E-state index contributed by atoms with van der Waals surface area (Å²) >= 11 is 0. The topological polar surface area (TPSA) is 97.3 Å².